The van der Waals surface area contributed by atoms with E-state index in [9.17, 15) is 4.79 Å². The second kappa shape index (κ2) is 7.78. The summed E-state index contributed by atoms with van der Waals surface area (Å²) < 4.78 is 15.6. The fourth-order valence-electron chi connectivity index (χ4n) is 2.07. The van der Waals surface area contributed by atoms with Gasteiger partial charge in [0, 0.05) is 12.1 Å². The molecule has 0 saturated carbocycles. The van der Waals surface area contributed by atoms with Gasteiger partial charge in [-0.1, -0.05) is 11.6 Å². The van der Waals surface area contributed by atoms with Crippen LogP contribution in [0.2, 0.25) is 5.02 Å². The maximum atomic E-state index is 12.0. The van der Waals surface area contributed by atoms with E-state index in [1.807, 2.05) is 13.0 Å². The predicted octanol–water partition coefficient (Wildman–Crippen LogP) is 3.24. The van der Waals surface area contributed by atoms with E-state index in [1.165, 1.54) is 14.2 Å². The Kier molecular flexibility index (Phi) is 5.76. The molecule has 1 aromatic heterocycles. The monoisotopic (exact) mass is 338 g/mol. The molecule has 2 aromatic rings. The van der Waals surface area contributed by atoms with Crippen LogP contribution in [0.5, 0.6) is 11.5 Å². The van der Waals surface area contributed by atoms with Crippen molar-refractivity contribution in [2.45, 2.75) is 13.0 Å². The lowest BCUT2D eigenvalue weighted by Crippen LogP contribution is -2.31. The van der Waals surface area contributed by atoms with Crippen LogP contribution in [-0.4, -0.2) is 26.7 Å². The van der Waals surface area contributed by atoms with Gasteiger partial charge in [0.25, 0.3) is 0 Å². The Morgan fingerprint density at radius 1 is 1.30 bits per heavy atom. The Morgan fingerprint density at radius 3 is 2.61 bits per heavy atom. The molecule has 124 valence electrons. The van der Waals surface area contributed by atoms with Crippen LogP contribution in [0.3, 0.4) is 0 Å². The maximum Gasteiger partial charge on any atom is 0.239 e. The molecule has 1 heterocycles. The van der Waals surface area contributed by atoms with Gasteiger partial charge in [-0.25, -0.2) is 0 Å². The summed E-state index contributed by atoms with van der Waals surface area (Å²) in [5.74, 6) is 1.57. The second-order valence-corrected chi connectivity index (χ2v) is 5.25. The highest BCUT2D eigenvalue weighted by Crippen LogP contribution is 2.35. The van der Waals surface area contributed by atoms with Gasteiger partial charge in [-0.2, -0.15) is 0 Å². The zero-order chi connectivity index (χ0) is 16.8. The summed E-state index contributed by atoms with van der Waals surface area (Å²) in [5, 5.41) is 6.25. The fourth-order valence-corrected chi connectivity index (χ4v) is 2.29. The fraction of sp³-hybridized carbons (Fsp3) is 0.312. The van der Waals surface area contributed by atoms with Crippen molar-refractivity contribution in [3.05, 3.63) is 41.3 Å². The molecule has 6 nitrogen and oxygen atoms in total. The van der Waals surface area contributed by atoms with Crippen molar-refractivity contribution >= 4 is 23.2 Å². The Morgan fingerprint density at radius 2 is 2.00 bits per heavy atom. The zero-order valence-electron chi connectivity index (χ0n) is 13.2. The van der Waals surface area contributed by atoms with E-state index in [0.29, 0.717) is 28.0 Å². The number of hydrogen-bond acceptors (Lipinski definition) is 5. The topological polar surface area (TPSA) is 72.7 Å². The van der Waals surface area contributed by atoms with Gasteiger partial charge >= 0.3 is 0 Å². The van der Waals surface area contributed by atoms with E-state index < -0.39 is 0 Å². The van der Waals surface area contributed by atoms with E-state index in [-0.39, 0.29) is 18.5 Å². The number of nitrogens with one attached hydrogen (secondary N) is 2. The van der Waals surface area contributed by atoms with Crippen LogP contribution in [-0.2, 0) is 4.79 Å². The van der Waals surface area contributed by atoms with Gasteiger partial charge in [0.15, 0.2) is 11.5 Å². The van der Waals surface area contributed by atoms with Crippen molar-refractivity contribution in [1.82, 2.24) is 5.32 Å². The van der Waals surface area contributed by atoms with E-state index in [4.69, 9.17) is 25.5 Å². The normalized spacial score (nSPS) is 11.7. The van der Waals surface area contributed by atoms with Crippen molar-refractivity contribution in [1.29, 1.82) is 0 Å². The summed E-state index contributed by atoms with van der Waals surface area (Å²) in [7, 11) is 3.07. The summed E-state index contributed by atoms with van der Waals surface area (Å²) in [5.41, 5.74) is 0.588. The first kappa shape index (κ1) is 17.0. The highest BCUT2D eigenvalue weighted by Gasteiger charge is 2.13. The lowest BCUT2D eigenvalue weighted by molar-refractivity contribution is -0.120. The number of carbonyl (C=O) groups excluding carboxylic acids is 1. The maximum absolute atomic E-state index is 12.0. The highest BCUT2D eigenvalue weighted by atomic mass is 35.5. The molecule has 0 aliphatic rings. The average molecular weight is 339 g/mol. The third-order valence-corrected chi connectivity index (χ3v) is 3.57. The number of anilines is 1. The molecule has 7 heteroatoms. The molecule has 0 aliphatic heterocycles. The first-order valence-electron chi connectivity index (χ1n) is 7.03. The van der Waals surface area contributed by atoms with Gasteiger partial charge in [0.1, 0.15) is 5.76 Å². The molecule has 2 N–H and O–H groups in total. The first-order chi connectivity index (χ1) is 11.0. The lowest BCUT2D eigenvalue weighted by atomic mass is 10.2. The Labute approximate surface area is 139 Å². The van der Waals surface area contributed by atoms with E-state index in [2.05, 4.69) is 10.6 Å². The molecule has 1 amide bonds. The molecular formula is C16H19ClN2O4. The zero-order valence-corrected chi connectivity index (χ0v) is 13.9. The largest absolute Gasteiger partial charge is 0.493 e. The molecule has 1 atom stereocenters. The van der Waals surface area contributed by atoms with Crippen molar-refractivity contribution in [2.75, 3.05) is 26.1 Å². The van der Waals surface area contributed by atoms with Gasteiger partial charge < -0.3 is 24.5 Å². The van der Waals surface area contributed by atoms with Crippen LogP contribution in [0.25, 0.3) is 0 Å². The van der Waals surface area contributed by atoms with Gasteiger partial charge in [-0.15, -0.1) is 0 Å². The van der Waals surface area contributed by atoms with Crippen molar-refractivity contribution in [3.63, 3.8) is 0 Å². The average Bonchev–Trinajstić information content (AvgIpc) is 3.07. The van der Waals surface area contributed by atoms with Gasteiger partial charge in [-0.05, 0) is 19.1 Å². The van der Waals surface area contributed by atoms with Gasteiger partial charge in [-0.3, -0.25) is 4.79 Å². The number of rotatable bonds is 7. The summed E-state index contributed by atoms with van der Waals surface area (Å²) in [6.45, 7) is 1.92. The number of ether oxygens (including phenoxy) is 2. The molecule has 0 spiro atoms. The number of furan rings is 1. The molecule has 0 aliphatic carbocycles. The Balaban J connectivity index is 1.96. The summed E-state index contributed by atoms with van der Waals surface area (Å²) in [6, 6.07) is 6.69. The van der Waals surface area contributed by atoms with Crippen LogP contribution in [0, 0.1) is 0 Å². The highest BCUT2D eigenvalue weighted by molar-refractivity contribution is 6.33. The molecule has 0 radical (unpaired) electrons. The molecule has 0 saturated heterocycles. The minimum absolute atomic E-state index is 0.0697. The molecule has 0 bridgehead atoms. The number of methoxy groups -OCH3 is 2. The summed E-state index contributed by atoms with van der Waals surface area (Å²) >= 11 is 6.16. The van der Waals surface area contributed by atoms with Crippen molar-refractivity contribution < 1.29 is 18.7 Å². The number of hydrogen-bond donors (Lipinski definition) is 2. The second-order valence-electron chi connectivity index (χ2n) is 4.85. The van der Waals surface area contributed by atoms with E-state index in [1.54, 1.807) is 24.5 Å². The number of benzene rings is 1. The molecule has 1 aromatic carbocycles. The third kappa shape index (κ3) is 4.32. The quantitative estimate of drug-likeness (QED) is 0.810. The molecular weight excluding hydrogens is 320 g/mol. The lowest BCUT2D eigenvalue weighted by Gasteiger charge is -2.15. The third-order valence-electron chi connectivity index (χ3n) is 3.26. The molecule has 2 rings (SSSR count). The van der Waals surface area contributed by atoms with Crippen LogP contribution in [0.15, 0.2) is 34.9 Å². The number of halogens is 1. The summed E-state index contributed by atoms with van der Waals surface area (Å²) in [4.78, 5) is 12.0. The Hall–Kier alpha value is -2.34. The molecule has 0 unspecified atom stereocenters. The standard InChI is InChI=1S/C16H19ClN2O4/c1-10(13-5-4-6-23-13)19-16(20)9-18-12-8-15(22-3)14(21-2)7-11(12)17/h4-8,10,18H,9H2,1-3H3,(H,19,20)/t10-/m1/s1. The van der Waals surface area contributed by atoms with Crippen LogP contribution in [0.1, 0.15) is 18.7 Å². The predicted molar refractivity (Wildman–Crippen MR) is 88.3 cm³/mol. The van der Waals surface area contributed by atoms with Crippen LogP contribution in [0.4, 0.5) is 5.69 Å². The van der Waals surface area contributed by atoms with E-state index in [0.717, 1.165) is 0 Å². The van der Waals surface area contributed by atoms with Gasteiger partial charge in [0.05, 0.1) is 43.8 Å². The first-order valence-corrected chi connectivity index (χ1v) is 7.41. The van der Waals surface area contributed by atoms with E-state index >= 15 is 0 Å². The Bertz CT molecular complexity index is 658. The van der Waals surface area contributed by atoms with Crippen molar-refractivity contribution in [3.8, 4) is 11.5 Å². The smallest absolute Gasteiger partial charge is 0.239 e. The molecule has 23 heavy (non-hydrogen) atoms. The number of amides is 1. The minimum Gasteiger partial charge on any atom is -0.493 e. The molecule has 0 fully saturated rings. The van der Waals surface area contributed by atoms with Crippen LogP contribution >= 0.6 is 11.6 Å². The number of carbonyl (C=O) groups is 1. The van der Waals surface area contributed by atoms with Crippen LogP contribution < -0.4 is 20.1 Å². The SMILES string of the molecule is COc1cc(Cl)c(NCC(=O)N[C@H](C)c2ccco2)cc1OC. The van der Waals surface area contributed by atoms with Crippen molar-refractivity contribution in [2.24, 2.45) is 0 Å². The minimum atomic E-state index is -0.208. The van der Waals surface area contributed by atoms with Gasteiger partial charge in [0.2, 0.25) is 5.91 Å². The summed E-state index contributed by atoms with van der Waals surface area (Å²) in [6.07, 6.45) is 1.57.